The van der Waals surface area contributed by atoms with Gasteiger partial charge < -0.3 is 5.32 Å². The standard InChI is InChI=1S/C35H34ClN3OS/c36-31-18-10-13-28(23-31)24-39(22-20-32(29-14-6-2-7-15-29)30-16-8-3-9-17-30)25-34-38-33(26-41-34)35(40)37-21-19-27-11-4-1-5-12-27/h1-18,23,26,32H,19-22,24-25H2,(H,37,40). The first-order valence-corrected chi connectivity index (χ1v) is 15.2. The molecule has 1 heterocycles. The minimum absolute atomic E-state index is 0.127. The fourth-order valence-electron chi connectivity index (χ4n) is 5.05. The van der Waals surface area contributed by atoms with Crippen molar-refractivity contribution in [2.75, 3.05) is 13.1 Å². The summed E-state index contributed by atoms with van der Waals surface area (Å²) in [5.74, 6) is 0.152. The van der Waals surface area contributed by atoms with Crippen LogP contribution in [0.25, 0.3) is 0 Å². The third-order valence-corrected chi connectivity index (χ3v) is 8.19. The average Bonchev–Trinajstić information content (AvgIpc) is 3.47. The zero-order chi connectivity index (χ0) is 28.3. The Morgan fingerprint density at radius 1 is 0.805 bits per heavy atom. The Hall–Kier alpha value is -3.77. The number of thiazole rings is 1. The van der Waals surface area contributed by atoms with E-state index in [0.29, 0.717) is 18.8 Å². The fourth-order valence-corrected chi connectivity index (χ4v) is 6.08. The van der Waals surface area contributed by atoms with E-state index in [2.05, 4.69) is 89.1 Å². The number of carbonyl (C=O) groups is 1. The molecule has 41 heavy (non-hydrogen) atoms. The number of aromatic nitrogens is 1. The number of hydrogen-bond acceptors (Lipinski definition) is 4. The molecule has 0 unspecified atom stereocenters. The highest BCUT2D eigenvalue weighted by molar-refractivity contribution is 7.09. The summed E-state index contributed by atoms with van der Waals surface area (Å²) in [6.07, 6.45) is 1.74. The van der Waals surface area contributed by atoms with Crippen molar-refractivity contribution in [2.45, 2.75) is 31.8 Å². The molecular weight excluding hydrogens is 546 g/mol. The molecule has 1 N–H and O–H groups in total. The molecule has 208 valence electrons. The number of hydrogen-bond donors (Lipinski definition) is 1. The molecule has 5 aromatic rings. The summed E-state index contributed by atoms with van der Waals surface area (Å²) >= 11 is 7.86. The van der Waals surface area contributed by atoms with E-state index in [4.69, 9.17) is 16.6 Å². The van der Waals surface area contributed by atoms with Gasteiger partial charge in [-0.1, -0.05) is 115 Å². The normalized spacial score (nSPS) is 11.2. The molecule has 0 radical (unpaired) electrons. The number of benzene rings is 4. The van der Waals surface area contributed by atoms with E-state index in [1.807, 2.05) is 41.8 Å². The summed E-state index contributed by atoms with van der Waals surface area (Å²) in [6, 6.07) is 39.6. The number of carbonyl (C=O) groups excluding carboxylic acids is 1. The largest absolute Gasteiger partial charge is 0.350 e. The highest BCUT2D eigenvalue weighted by Gasteiger charge is 2.18. The lowest BCUT2D eigenvalue weighted by Crippen LogP contribution is -2.27. The summed E-state index contributed by atoms with van der Waals surface area (Å²) < 4.78 is 0. The van der Waals surface area contributed by atoms with Gasteiger partial charge in [0, 0.05) is 29.4 Å². The number of nitrogens with zero attached hydrogens (tertiary/aromatic N) is 2. The van der Waals surface area contributed by atoms with E-state index in [9.17, 15) is 4.79 Å². The van der Waals surface area contributed by atoms with E-state index in [1.54, 1.807) is 0 Å². The van der Waals surface area contributed by atoms with Gasteiger partial charge in [0.15, 0.2) is 0 Å². The molecule has 4 nitrogen and oxygen atoms in total. The Labute approximate surface area is 251 Å². The molecule has 0 fully saturated rings. The van der Waals surface area contributed by atoms with Crippen LogP contribution in [0.15, 0.2) is 121 Å². The lowest BCUT2D eigenvalue weighted by molar-refractivity contribution is 0.0949. The number of halogens is 1. The molecule has 0 spiro atoms. The van der Waals surface area contributed by atoms with Crippen LogP contribution in [0.1, 0.15) is 50.1 Å². The molecule has 0 aliphatic heterocycles. The van der Waals surface area contributed by atoms with Gasteiger partial charge in [-0.15, -0.1) is 11.3 Å². The second kappa shape index (κ2) is 14.7. The molecule has 0 saturated carbocycles. The van der Waals surface area contributed by atoms with Gasteiger partial charge in [-0.2, -0.15) is 0 Å². The van der Waals surface area contributed by atoms with E-state index in [1.165, 1.54) is 28.0 Å². The zero-order valence-electron chi connectivity index (χ0n) is 23.0. The van der Waals surface area contributed by atoms with Crippen LogP contribution in [0.2, 0.25) is 5.02 Å². The SMILES string of the molecule is O=C(NCCc1ccccc1)c1csc(CN(CCC(c2ccccc2)c2ccccc2)Cc2cccc(Cl)c2)n1. The van der Waals surface area contributed by atoms with E-state index in [0.717, 1.165) is 41.5 Å². The molecule has 1 amide bonds. The van der Waals surface area contributed by atoms with Crippen LogP contribution < -0.4 is 5.32 Å². The van der Waals surface area contributed by atoms with Crippen LogP contribution in [-0.2, 0) is 19.5 Å². The summed E-state index contributed by atoms with van der Waals surface area (Å²) in [4.78, 5) is 19.9. The number of amides is 1. The Morgan fingerprint density at radius 2 is 1.44 bits per heavy atom. The van der Waals surface area contributed by atoms with Crippen molar-refractivity contribution in [3.05, 3.63) is 159 Å². The zero-order valence-corrected chi connectivity index (χ0v) is 24.5. The first-order valence-electron chi connectivity index (χ1n) is 14.0. The fraction of sp³-hybridized carbons (Fsp3) is 0.200. The maximum Gasteiger partial charge on any atom is 0.270 e. The minimum Gasteiger partial charge on any atom is -0.350 e. The van der Waals surface area contributed by atoms with E-state index < -0.39 is 0 Å². The second-order valence-electron chi connectivity index (χ2n) is 10.1. The summed E-state index contributed by atoms with van der Waals surface area (Å²) in [5, 5.41) is 6.54. The predicted molar refractivity (Wildman–Crippen MR) is 170 cm³/mol. The Morgan fingerprint density at radius 3 is 2.10 bits per heavy atom. The van der Waals surface area contributed by atoms with Gasteiger partial charge in [0.2, 0.25) is 0 Å². The summed E-state index contributed by atoms with van der Waals surface area (Å²) in [6.45, 7) is 2.84. The molecule has 0 saturated heterocycles. The van der Waals surface area contributed by atoms with Crippen molar-refractivity contribution >= 4 is 28.8 Å². The van der Waals surface area contributed by atoms with Crippen molar-refractivity contribution < 1.29 is 4.79 Å². The molecule has 0 bridgehead atoms. The maximum atomic E-state index is 12.8. The maximum absolute atomic E-state index is 12.8. The average molecular weight is 580 g/mol. The summed E-state index contributed by atoms with van der Waals surface area (Å²) in [7, 11) is 0. The summed E-state index contributed by atoms with van der Waals surface area (Å²) in [5.41, 5.74) is 5.46. The first kappa shape index (κ1) is 28.7. The quantitative estimate of drug-likeness (QED) is 0.154. The Kier molecular flexibility index (Phi) is 10.3. The van der Waals surface area contributed by atoms with Crippen LogP contribution in [0.3, 0.4) is 0 Å². The molecule has 0 aliphatic rings. The van der Waals surface area contributed by atoms with Crippen molar-refractivity contribution in [3.8, 4) is 0 Å². The molecule has 6 heteroatoms. The van der Waals surface area contributed by atoms with Crippen molar-refractivity contribution in [3.63, 3.8) is 0 Å². The highest BCUT2D eigenvalue weighted by atomic mass is 35.5. The molecule has 5 rings (SSSR count). The van der Waals surface area contributed by atoms with Gasteiger partial charge >= 0.3 is 0 Å². The van der Waals surface area contributed by atoms with Gasteiger partial charge in [-0.05, 0) is 53.8 Å². The van der Waals surface area contributed by atoms with Crippen LogP contribution in [0.5, 0.6) is 0 Å². The highest BCUT2D eigenvalue weighted by Crippen LogP contribution is 2.29. The number of nitrogens with one attached hydrogen (secondary N) is 1. The third-order valence-electron chi connectivity index (χ3n) is 7.12. The molecule has 0 atom stereocenters. The first-order chi connectivity index (χ1) is 20.1. The van der Waals surface area contributed by atoms with Gasteiger partial charge in [-0.25, -0.2) is 4.98 Å². The van der Waals surface area contributed by atoms with E-state index in [-0.39, 0.29) is 11.8 Å². The molecule has 1 aromatic heterocycles. The van der Waals surface area contributed by atoms with Crippen molar-refractivity contribution in [1.82, 2.24) is 15.2 Å². The lowest BCUT2D eigenvalue weighted by Gasteiger charge is -2.25. The van der Waals surface area contributed by atoms with Gasteiger partial charge in [-0.3, -0.25) is 9.69 Å². The van der Waals surface area contributed by atoms with Gasteiger partial charge in [0.1, 0.15) is 10.7 Å². The van der Waals surface area contributed by atoms with Crippen LogP contribution >= 0.6 is 22.9 Å². The molecular formula is C35H34ClN3OS. The lowest BCUT2D eigenvalue weighted by atomic mass is 9.88. The van der Waals surface area contributed by atoms with Crippen molar-refractivity contribution in [2.24, 2.45) is 0 Å². The van der Waals surface area contributed by atoms with Gasteiger partial charge in [0.05, 0.1) is 6.54 Å². The van der Waals surface area contributed by atoms with Crippen molar-refractivity contribution in [1.29, 1.82) is 0 Å². The van der Waals surface area contributed by atoms with Crippen LogP contribution in [0.4, 0.5) is 0 Å². The topological polar surface area (TPSA) is 45.2 Å². The smallest absolute Gasteiger partial charge is 0.270 e. The Bertz CT molecular complexity index is 1470. The predicted octanol–water partition coefficient (Wildman–Crippen LogP) is 7.99. The molecule has 4 aromatic carbocycles. The third kappa shape index (κ3) is 8.61. The Balaban J connectivity index is 1.27. The second-order valence-corrected chi connectivity index (χ2v) is 11.5. The molecule has 0 aliphatic carbocycles. The number of rotatable bonds is 13. The van der Waals surface area contributed by atoms with Gasteiger partial charge in [0.25, 0.3) is 5.91 Å². The van der Waals surface area contributed by atoms with Crippen LogP contribution in [0, 0.1) is 0 Å². The van der Waals surface area contributed by atoms with E-state index >= 15 is 0 Å². The van der Waals surface area contributed by atoms with Crippen LogP contribution in [-0.4, -0.2) is 28.9 Å². The monoisotopic (exact) mass is 579 g/mol. The minimum atomic E-state index is -0.127.